The van der Waals surface area contributed by atoms with Gasteiger partial charge in [0.1, 0.15) is 11.6 Å². The Bertz CT molecular complexity index is 237. The van der Waals surface area contributed by atoms with Crippen LogP contribution < -0.4 is 0 Å². The van der Waals surface area contributed by atoms with Crippen LogP contribution in [0, 0.1) is 0 Å². The summed E-state index contributed by atoms with van der Waals surface area (Å²) in [4.78, 5) is 0. The number of methoxy groups -OCH3 is 2. The maximum Gasteiger partial charge on any atom is 0.150 e. The Balaban J connectivity index is 2.87. The second-order valence-corrected chi connectivity index (χ2v) is 3.85. The Hall–Kier alpha value is -0.350. The summed E-state index contributed by atoms with van der Waals surface area (Å²) in [7, 11) is 3.00. The van der Waals surface area contributed by atoms with E-state index in [4.69, 9.17) is 9.47 Å². The first-order chi connectivity index (χ1) is 5.59. The zero-order valence-corrected chi connectivity index (χ0v) is 8.52. The highest BCUT2D eigenvalue weighted by atomic mass is 79.9. The van der Waals surface area contributed by atoms with E-state index in [0.717, 1.165) is 0 Å². The van der Waals surface area contributed by atoms with E-state index in [1.54, 1.807) is 6.08 Å². The zero-order valence-electron chi connectivity index (χ0n) is 6.93. The standard InChI is InChI=1S/C8H10BrFO2/c1-11-7-3-6(10)4-8(9,5-7)12-2/h3,5H,4H2,1-2H3. The quantitative estimate of drug-likeness (QED) is 0.687. The van der Waals surface area contributed by atoms with Crippen molar-refractivity contribution in [2.24, 2.45) is 0 Å². The number of rotatable bonds is 2. The third kappa shape index (κ3) is 2.08. The van der Waals surface area contributed by atoms with Gasteiger partial charge in [-0.1, -0.05) is 0 Å². The van der Waals surface area contributed by atoms with E-state index in [0.29, 0.717) is 5.76 Å². The molecule has 0 saturated heterocycles. The SMILES string of the molecule is COC1=CC(Br)(OC)CC(F)=C1. The van der Waals surface area contributed by atoms with E-state index in [-0.39, 0.29) is 12.2 Å². The molecule has 0 aromatic heterocycles. The van der Waals surface area contributed by atoms with Crippen LogP contribution in [0.1, 0.15) is 6.42 Å². The van der Waals surface area contributed by atoms with Crippen molar-refractivity contribution in [1.29, 1.82) is 0 Å². The monoisotopic (exact) mass is 236 g/mol. The molecule has 0 aromatic rings. The number of allylic oxidation sites excluding steroid dienone is 1. The van der Waals surface area contributed by atoms with Crippen LogP contribution in [0.15, 0.2) is 23.7 Å². The summed E-state index contributed by atoms with van der Waals surface area (Å²) >= 11 is 3.26. The maximum absolute atomic E-state index is 12.9. The number of halogens is 2. The van der Waals surface area contributed by atoms with Crippen LogP contribution >= 0.6 is 15.9 Å². The number of alkyl halides is 1. The highest BCUT2D eigenvalue weighted by Crippen LogP contribution is 2.35. The minimum atomic E-state index is -0.753. The molecule has 2 nitrogen and oxygen atoms in total. The minimum absolute atomic E-state index is 0.191. The van der Waals surface area contributed by atoms with Crippen molar-refractivity contribution in [2.75, 3.05) is 14.2 Å². The molecule has 1 unspecified atom stereocenters. The Labute approximate surface area is 79.2 Å². The molecule has 4 heteroatoms. The Morgan fingerprint density at radius 3 is 2.75 bits per heavy atom. The largest absolute Gasteiger partial charge is 0.497 e. The molecule has 0 bridgehead atoms. The van der Waals surface area contributed by atoms with Crippen molar-refractivity contribution in [3.05, 3.63) is 23.7 Å². The summed E-state index contributed by atoms with van der Waals surface area (Å²) in [6, 6.07) is 0. The van der Waals surface area contributed by atoms with Gasteiger partial charge in [0.25, 0.3) is 0 Å². The lowest BCUT2D eigenvalue weighted by Gasteiger charge is -2.25. The van der Waals surface area contributed by atoms with Gasteiger partial charge in [0, 0.05) is 25.7 Å². The van der Waals surface area contributed by atoms with Crippen LogP contribution in [0.5, 0.6) is 0 Å². The molecule has 0 heterocycles. The van der Waals surface area contributed by atoms with E-state index < -0.39 is 4.51 Å². The van der Waals surface area contributed by atoms with Crippen LogP contribution in [0.2, 0.25) is 0 Å². The average molecular weight is 237 g/mol. The first-order valence-electron chi connectivity index (χ1n) is 3.46. The zero-order chi connectivity index (χ0) is 9.19. The fourth-order valence-electron chi connectivity index (χ4n) is 0.990. The van der Waals surface area contributed by atoms with Gasteiger partial charge in [0.05, 0.1) is 7.11 Å². The molecule has 1 rings (SSSR count). The molecule has 1 aliphatic rings. The van der Waals surface area contributed by atoms with Gasteiger partial charge < -0.3 is 9.47 Å². The van der Waals surface area contributed by atoms with Gasteiger partial charge in [-0.3, -0.25) is 0 Å². The van der Waals surface area contributed by atoms with Crippen molar-refractivity contribution in [1.82, 2.24) is 0 Å². The first kappa shape index (κ1) is 9.74. The van der Waals surface area contributed by atoms with E-state index >= 15 is 0 Å². The average Bonchev–Trinajstić information content (AvgIpc) is 2.03. The summed E-state index contributed by atoms with van der Waals surface area (Å²) in [6.07, 6.45) is 3.23. The van der Waals surface area contributed by atoms with Crippen LogP contribution in [-0.4, -0.2) is 18.7 Å². The predicted octanol–water partition coefficient (Wildman–Crippen LogP) is 2.51. The van der Waals surface area contributed by atoms with Gasteiger partial charge in [-0.05, 0) is 15.9 Å². The van der Waals surface area contributed by atoms with Crippen molar-refractivity contribution in [2.45, 2.75) is 10.9 Å². The lowest BCUT2D eigenvalue weighted by molar-refractivity contribution is 0.105. The van der Waals surface area contributed by atoms with Crippen molar-refractivity contribution >= 4 is 15.9 Å². The number of hydrogen-bond acceptors (Lipinski definition) is 2. The Morgan fingerprint density at radius 2 is 2.25 bits per heavy atom. The Morgan fingerprint density at radius 1 is 1.58 bits per heavy atom. The molecule has 0 spiro atoms. The normalized spacial score (nSPS) is 29.3. The smallest absolute Gasteiger partial charge is 0.150 e. The first-order valence-corrected chi connectivity index (χ1v) is 4.26. The molecule has 0 aliphatic heterocycles. The molecule has 0 aromatic carbocycles. The van der Waals surface area contributed by atoms with E-state index in [1.807, 2.05) is 0 Å². The number of hydrogen-bond donors (Lipinski definition) is 0. The molecule has 1 aliphatic carbocycles. The van der Waals surface area contributed by atoms with Crippen molar-refractivity contribution in [3.63, 3.8) is 0 Å². The molecular weight excluding hydrogens is 227 g/mol. The molecule has 0 N–H and O–H groups in total. The second-order valence-electron chi connectivity index (χ2n) is 2.51. The lowest BCUT2D eigenvalue weighted by Crippen LogP contribution is -2.23. The molecule has 0 amide bonds. The summed E-state index contributed by atoms with van der Waals surface area (Å²) in [6.45, 7) is 0. The van der Waals surface area contributed by atoms with Crippen LogP contribution in [0.25, 0.3) is 0 Å². The van der Waals surface area contributed by atoms with Gasteiger partial charge in [0.15, 0.2) is 4.51 Å². The third-order valence-corrected chi connectivity index (χ3v) is 2.47. The predicted molar refractivity (Wildman–Crippen MR) is 47.6 cm³/mol. The molecule has 0 radical (unpaired) electrons. The van der Waals surface area contributed by atoms with Gasteiger partial charge in [-0.25, -0.2) is 4.39 Å². The summed E-state index contributed by atoms with van der Waals surface area (Å²) < 4.78 is 22.1. The van der Waals surface area contributed by atoms with E-state index in [9.17, 15) is 4.39 Å². The number of ether oxygens (including phenoxy) is 2. The highest BCUT2D eigenvalue weighted by Gasteiger charge is 2.29. The fourth-order valence-corrected chi connectivity index (χ4v) is 1.48. The maximum atomic E-state index is 12.9. The van der Waals surface area contributed by atoms with E-state index in [1.165, 1.54) is 20.3 Å². The molecule has 0 saturated carbocycles. The molecular formula is C8H10BrFO2. The van der Waals surface area contributed by atoms with Gasteiger partial charge in [-0.15, -0.1) is 0 Å². The van der Waals surface area contributed by atoms with Crippen molar-refractivity contribution < 1.29 is 13.9 Å². The van der Waals surface area contributed by atoms with Crippen LogP contribution in [0.4, 0.5) is 4.39 Å². The summed E-state index contributed by atoms with van der Waals surface area (Å²) in [5, 5.41) is 0. The molecule has 0 fully saturated rings. The topological polar surface area (TPSA) is 18.5 Å². The van der Waals surface area contributed by atoms with Gasteiger partial charge in [0.2, 0.25) is 0 Å². The molecule has 1 atom stereocenters. The van der Waals surface area contributed by atoms with Crippen molar-refractivity contribution in [3.8, 4) is 0 Å². The lowest BCUT2D eigenvalue weighted by atomic mass is 10.1. The van der Waals surface area contributed by atoms with Crippen LogP contribution in [-0.2, 0) is 9.47 Å². The van der Waals surface area contributed by atoms with Crippen LogP contribution in [0.3, 0.4) is 0 Å². The van der Waals surface area contributed by atoms with Gasteiger partial charge >= 0.3 is 0 Å². The molecule has 12 heavy (non-hydrogen) atoms. The molecule has 68 valence electrons. The fraction of sp³-hybridized carbons (Fsp3) is 0.500. The second kappa shape index (κ2) is 3.58. The van der Waals surface area contributed by atoms with E-state index in [2.05, 4.69) is 15.9 Å². The summed E-state index contributed by atoms with van der Waals surface area (Å²) in [5.41, 5.74) is 0. The van der Waals surface area contributed by atoms with Gasteiger partial charge in [-0.2, -0.15) is 0 Å². The Kier molecular flexibility index (Phi) is 2.90. The highest BCUT2D eigenvalue weighted by molar-refractivity contribution is 9.10. The summed E-state index contributed by atoms with van der Waals surface area (Å²) in [5.74, 6) is 0.213. The third-order valence-electron chi connectivity index (χ3n) is 1.64. The minimum Gasteiger partial charge on any atom is -0.497 e.